The largest absolute Gasteiger partial charge is 0.316 e. The van der Waals surface area contributed by atoms with E-state index in [4.69, 9.17) is 11.6 Å². The number of aliphatic imine (C=N–C) groups is 1. The Balaban J connectivity index is 2.01. The van der Waals surface area contributed by atoms with Gasteiger partial charge in [0.1, 0.15) is 5.88 Å². The van der Waals surface area contributed by atoms with Crippen LogP contribution in [0.4, 0.5) is 5.69 Å². The second kappa shape index (κ2) is 6.14. The normalized spacial score (nSPS) is 28.1. The Hall–Kier alpha value is -0.570. The second-order valence-electron chi connectivity index (χ2n) is 5.07. The predicted molar refractivity (Wildman–Crippen MR) is 93.6 cm³/mol. The van der Waals surface area contributed by atoms with Gasteiger partial charge in [-0.1, -0.05) is 27.7 Å². The van der Waals surface area contributed by atoms with Gasteiger partial charge in [0.25, 0.3) is 5.91 Å². The molecule has 2 unspecified atom stereocenters. The van der Waals surface area contributed by atoms with Gasteiger partial charge in [-0.05, 0) is 24.3 Å². The molecule has 0 bridgehead atoms. The molecule has 1 aromatic rings. The fourth-order valence-corrected chi connectivity index (χ4v) is 6.86. The number of alkyl halides is 1. The van der Waals surface area contributed by atoms with Gasteiger partial charge in [0.05, 0.1) is 17.5 Å². The molecule has 0 saturated carbocycles. The third-order valence-corrected chi connectivity index (χ3v) is 7.47. The highest BCUT2D eigenvalue weighted by molar-refractivity contribution is 9.10. The van der Waals surface area contributed by atoms with Gasteiger partial charge in [-0.2, -0.15) is 4.99 Å². The molecule has 0 spiro atoms. The maximum atomic E-state index is 11.9. The van der Waals surface area contributed by atoms with Crippen molar-refractivity contribution in [2.24, 2.45) is 4.99 Å². The molecule has 0 aromatic heterocycles. The van der Waals surface area contributed by atoms with E-state index in [9.17, 15) is 13.2 Å². The third-order valence-electron chi connectivity index (χ3n) is 3.51. The van der Waals surface area contributed by atoms with Crippen molar-refractivity contribution in [3.63, 3.8) is 0 Å². The molecule has 2 atom stereocenters. The Morgan fingerprint density at radius 3 is 2.68 bits per heavy atom. The highest BCUT2D eigenvalue weighted by atomic mass is 79.9. The Kier molecular flexibility index (Phi) is 4.55. The number of amides is 1. The van der Waals surface area contributed by atoms with Gasteiger partial charge < -0.3 is 4.90 Å². The molecule has 0 aliphatic carbocycles. The summed E-state index contributed by atoms with van der Waals surface area (Å²) in [4.78, 5) is 17.4. The molecule has 9 heteroatoms. The molecular weight excluding hydrogens is 412 g/mol. The van der Waals surface area contributed by atoms with Crippen molar-refractivity contribution >= 4 is 65.9 Å². The number of hydrogen-bond acceptors (Lipinski definition) is 4. The van der Waals surface area contributed by atoms with Gasteiger partial charge in [0.15, 0.2) is 15.0 Å². The van der Waals surface area contributed by atoms with Crippen LogP contribution in [0.2, 0.25) is 0 Å². The average Bonchev–Trinajstić information content (AvgIpc) is 2.91. The SMILES string of the molecule is O=C(CCl)N=C1SC2CS(=O)(=O)CC2N1c1ccc(Br)cc1. The summed E-state index contributed by atoms with van der Waals surface area (Å²) < 4.78 is 24.7. The van der Waals surface area contributed by atoms with Crippen LogP contribution in [0.5, 0.6) is 0 Å². The lowest BCUT2D eigenvalue weighted by molar-refractivity contribution is -0.115. The van der Waals surface area contributed by atoms with E-state index < -0.39 is 15.7 Å². The molecule has 118 valence electrons. The Morgan fingerprint density at radius 2 is 2.05 bits per heavy atom. The summed E-state index contributed by atoms with van der Waals surface area (Å²) in [6.07, 6.45) is 0. The van der Waals surface area contributed by atoms with E-state index >= 15 is 0 Å². The highest BCUT2D eigenvalue weighted by Gasteiger charge is 2.49. The average molecular weight is 424 g/mol. The molecule has 2 aliphatic heterocycles. The minimum Gasteiger partial charge on any atom is -0.316 e. The van der Waals surface area contributed by atoms with E-state index in [1.165, 1.54) is 11.8 Å². The lowest BCUT2D eigenvalue weighted by atomic mass is 10.2. The number of thioether (sulfide) groups is 1. The molecule has 2 heterocycles. The summed E-state index contributed by atoms with van der Waals surface area (Å²) in [6, 6.07) is 7.30. The fourth-order valence-electron chi connectivity index (χ4n) is 2.60. The Bertz CT molecular complexity index is 736. The van der Waals surface area contributed by atoms with Crippen LogP contribution in [-0.4, -0.2) is 48.2 Å². The number of fused-ring (bicyclic) bond motifs is 1. The van der Waals surface area contributed by atoms with E-state index in [1.807, 2.05) is 29.2 Å². The number of hydrogen-bond donors (Lipinski definition) is 0. The van der Waals surface area contributed by atoms with Crippen molar-refractivity contribution in [3.05, 3.63) is 28.7 Å². The summed E-state index contributed by atoms with van der Waals surface area (Å²) >= 11 is 10.2. The molecule has 1 aromatic carbocycles. The molecule has 1 amide bonds. The van der Waals surface area contributed by atoms with Crippen LogP contribution in [0.1, 0.15) is 0 Å². The number of amidine groups is 1. The van der Waals surface area contributed by atoms with Gasteiger partial charge in [-0.25, -0.2) is 8.42 Å². The quantitative estimate of drug-likeness (QED) is 0.683. The van der Waals surface area contributed by atoms with Crippen molar-refractivity contribution in [2.45, 2.75) is 11.3 Å². The summed E-state index contributed by atoms with van der Waals surface area (Å²) in [5.41, 5.74) is 0.821. The number of carbonyl (C=O) groups excluding carboxylic acids is 1. The molecule has 5 nitrogen and oxygen atoms in total. The number of nitrogens with zero attached hydrogens (tertiary/aromatic N) is 2. The Morgan fingerprint density at radius 1 is 1.36 bits per heavy atom. The van der Waals surface area contributed by atoms with E-state index in [1.54, 1.807) is 0 Å². The third kappa shape index (κ3) is 3.20. The molecule has 3 rings (SSSR count). The number of carbonyl (C=O) groups is 1. The monoisotopic (exact) mass is 422 g/mol. The topological polar surface area (TPSA) is 66.8 Å². The van der Waals surface area contributed by atoms with Gasteiger partial charge in [0, 0.05) is 15.4 Å². The number of anilines is 1. The molecular formula is C13H12BrClN2O3S2. The van der Waals surface area contributed by atoms with Crippen LogP contribution in [0, 0.1) is 0 Å². The number of halogens is 2. The number of benzene rings is 1. The fraction of sp³-hybridized carbons (Fsp3) is 0.385. The molecule has 2 saturated heterocycles. The van der Waals surface area contributed by atoms with Gasteiger partial charge in [-0.3, -0.25) is 4.79 Å². The van der Waals surface area contributed by atoms with E-state index in [0.717, 1.165) is 10.2 Å². The highest BCUT2D eigenvalue weighted by Crippen LogP contribution is 2.41. The first-order valence-electron chi connectivity index (χ1n) is 6.49. The zero-order valence-electron chi connectivity index (χ0n) is 11.3. The zero-order valence-corrected chi connectivity index (χ0v) is 15.3. The molecule has 2 fully saturated rings. The molecule has 2 aliphatic rings. The molecule has 0 radical (unpaired) electrons. The summed E-state index contributed by atoms with van der Waals surface area (Å²) in [7, 11) is -3.05. The van der Waals surface area contributed by atoms with E-state index in [2.05, 4.69) is 20.9 Å². The van der Waals surface area contributed by atoms with E-state index in [-0.39, 0.29) is 28.7 Å². The molecule has 0 N–H and O–H groups in total. The van der Waals surface area contributed by atoms with Crippen molar-refractivity contribution in [1.82, 2.24) is 0 Å². The maximum absolute atomic E-state index is 11.9. The number of sulfone groups is 1. The minimum absolute atomic E-state index is 0.0782. The standard InChI is InChI=1S/C13H12BrClN2O3S2/c14-8-1-3-9(4-2-8)17-10-6-22(19,20)7-11(10)21-13(17)16-12(18)5-15/h1-4,10-11H,5-7H2. The van der Waals surface area contributed by atoms with Gasteiger partial charge >= 0.3 is 0 Å². The van der Waals surface area contributed by atoms with Crippen molar-refractivity contribution in [3.8, 4) is 0 Å². The van der Waals surface area contributed by atoms with Crippen LogP contribution in [0.15, 0.2) is 33.7 Å². The predicted octanol–water partition coefficient (Wildman–Crippen LogP) is 2.29. The van der Waals surface area contributed by atoms with Crippen molar-refractivity contribution in [1.29, 1.82) is 0 Å². The van der Waals surface area contributed by atoms with Crippen LogP contribution >= 0.6 is 39.3 Å². The van der Waals surface area contributed by atoms with Crippen LogP contribution in [0.3, 0.4) is 0 Å². The van der Waals surface area contributed by atoms with Crippen molar-refractivity contribution in [2.75, 3.05) is 22.3 Å². The Labute approximate surface area is 146 Å². The van der Waals surface area contributed by atoms with Crippen LogP contribution in [-0.2, 0) is 14.6 Å². The maximum Gasteiger partial charge on any atom is 0.262 e. The van der Waals surface area contributed by atoms with Gasteiger partial charge in [-0.15, -0.1) is 11.6 Å². The summed E-state index contributed by atoms with van der Waals surface area (Å²) in [6.45, 7) is 0. The van der Waals surface area contributed by atoms with Crippen LogP contribution in [0.25, 0.3) is 0 Å². The second-order valence-corrected chi connectivity index (χ2v) is 9.61. The first-order chi connectivity index (χ1) is 10.4. The summed E-state index contributed by atoms with van der Waals surface area (Å²) in [5, 5.41) is 0.424. The first-order valence-corrected chi connectivity index (χ1v) is 10.5. The first kappa shape index (κ1) is 16.3. The van der Waals surface area contributed by atoms with Crippen LogP contribution < -0.4 is 4.90 Å². The molecule has 22 heavy (non-hydrogen) atoms. The smallest absolute Gasteiger partial charge is 0.262 e. The minimum atomic E-state index is -3.05. The summed E-state index contributed by atoms with van der Waals surface area (Å²) in [5.74, 6) is -0.418. The van der Waals surface area contributed by atoms with Gasteiger partial charge in [0.2, 0.25) is 0 Å². The number of rotatable bonds is 2. The van der Waals surface area contributed by atoms with Crippen molar-refractivity contribution < 1.29 is 13.2 Å². The lowest BCUT2D eigenvalue weighted by Crippen LogP contribution is -2.37. The zero-order chi connectivity index (χ0) is 15.9. The van der Waals surface area contributed by atoms with E-state index in [0.29, 0.717) is 5.17 Å². The lowest BCUT2D eigenvalue weighted by Gasteiger charge is -2.24.